The number of carbonyl (C=O) groups is 2. The molecule has 0 radical (unpaired) electrons. The molecule has 1 spiro atoms. The van der Waals surface area contributed by atoms with E-state index < -0.39 is 39.6 Å². The zero-order valence-corrected chi connectivity index (χ0v) is 28.0. The number of fused-ring (bicyclic) bond motifs is 2. The van der Waals surface area contributed by atoms with Crippen LogP contribution in [0, 0.1) is 0 Å². The van der Waals surface area contributed by atoms with Crippen LogP contribution in [0.3, 0.4) is 0 Å². The summed E-state index contributed by atoms with van der Waals surface area (Å²) in [5, 5.41) is 0.500. The number of piperidine rings is 1. The number of benzene rings is 3. The van der Waals surface area contributed by atoms with Crippen LogP contribution < -0.4 is 0 Å². The quantitative estimate of drug-likeness (QED) is 0.242. The van der Waals surface area contributed by atoms with E-state index in [2.05, 4.69) is 11.0 Å². The summed E-state index contributed by atoms with van der Waals surface area (Å²) in [5.74, 6) is -0.930. The second-order valence-corrected chi connectivity index (χ2v) is 14.7. The molecule has 12 heteroatoms. The van der Waals surface area contributed by atoms with Crippen LogP contribution in [0.1, 0.15) is 52.7 Å². The first kappa shape index (κ1) is 34.4. The monoisotopic (exact) mass is 693 g/mol. The molecule has 46 heavy (non-hydrogen) atoms. The highest BCUT2D eigenvalue weighted by Crippen LogP contribution is 2.47. The molecule has 6 nitrogen and oxygen atoms in total. The minimum Gasteiger partial charge on any atom is -0.343 e. The Morgan fingerprint density at radius 3 is 2.24 bits per heavy atom. The summed E-state index contributed by atoms with van der Waals surface area (Å²) < 4.78 is 52.8. The summed E-state index contributed by atoms with van der Waals surface area (Å²) >= 11 is 12.7. The van der Waals surface area contributed by atoms with E-state index in [0.29, 0.717) is 49.4 Å². The summed E-state index contributed by atoms with van der Waals surface area (Å²) in [5.41, 5.74) is 1.92. The van der Waals surface area contributed by atoms with Gasteiger partial charge in [-0.15, -0.1) is 0 Å². The van der Waals surface area contributed by atoms with Gasteiger partial charge < -0.3 is 14.7 Å². The molecule has 2 aliphatic rings. The average Bonchev–Trinajstić information content (AvgIpc) is 3.30. The van der Waals surface area contributed by atoms with Crippen LogP contribution in [-0.4, -0.2) is 77.2 Å². The molecular formula is C34H36Cl2F3N3O3S. The molecule has 0 bridgehead atoms. The molecule has 2 aliphatic heterocycles. The highest BCUT2D eigenvalue weighted by Gasteiger charge is 2.48. The molecule has 246 valence electrons. The van der Waals surface area contributed by atoms with E-state index in [-0.39, 0.29) is 28.9 Å². The van der Waals surface area contributed by atoms with Gasteiger partial charge in [0, 0.05) is 49.3 Å². The van der Waals surface area contributed by atoms with E-state index in [0.717, 1.165) is 16.0 Å². The predicted molar refractivity (Wildman–Crippen MR) is 175 cm³/mol. The molecule has 3 aromatic carbocycles. The molecule has 3 aromatic rings. The number of carbonyl (C=O) groups excluding carboxylic acids is 2. The molecule has 0 aromatic heterocycles. The lowest BCUT2D eigenvalue weighted by Gasteiger charge is -2.47. The number of alkyl halides is 3. The maximum Gasteiger partial charge on any atom is 0.397 e. The van der Waals surface area contributed by atoms with Crippen LogP contribution >= 0.6 is 23.2 Å². The second-order valence-electron chi connectivity index (χ2n) is 12.2. The van der Waals surface area contributed by atoms with Crippen LogP contribution in [0.15, 0.2) is 72.8 Å². The minimum atomic E-state index is -4.69. The third-order valence-corrected chi connectivity index (χ3v) is 12.2. The maximum absolute atomic E-state index is 14.0. The van der Waals surface area contributed by atoms with E-state index in [9.17, 15) is 27.0 Å². The fourth-order valence-electron chi connectivity index (χ4n) is 6.79. The Labute approximate surface area is 279 Å². The number of nitrogens with zero attached hydrogens (tertiary/aromatic N) is 3. The fourth-order valence-corrected chi connectivity index (χ4v) is 8.98. The van der Waals surface area contributed by atoms with Crippen LogP contribution in [-0.2, 0) is 31.6 Å². The summed E-state index contributed by atoms with van der Waals surface area (Å²) in [4.78, 5) is 31.6. The lowest BCUT2D eigenvalue weighted by Crippen LogP contribution is -2.56. The van der Waals surface area contributed by atoms with Gasteiger partial charge in [0.15, 0.2) is 0 Å². The third-order valence-electron chi connectivity index (χ3n) is 9.44. The van der Waals surface area contributed by atoms with Gasteiger partial charge in [-0.05, 0) is 73.3 Å². The van der Waals surface area contributed by atoms with E-state index in [1.807, 2.05) is 18.2 Å². The number of likely N-dealkylation sites (tertiary alicyclic amines) is 1. The van der Waals surface area contributed by atoms with Gasteiger partial charge in [0.1, 0.15) is 6.42 Å². The molecule has 1 unspecified atom stereocenters. The molecule has 1 saturated heterocycles. The minimum absolute atomic E-state index is 0.218. The number of hydrogen-bond donors (Lipinski definition) is 0. The zero-order valence-electron chi connectivity index (χ0n) is 25.7. The van der Waals surface area contributed by atoms with Crippen molar-refractivity contribution in [3.8, 4) is 0 Å². The molecule has 2 heterocycles. The van der Waals surface area contributed by atoms with Gasteiger partial charge in [-0.2, -0.15) is 13.2 Å². The number of hydrogen-bond acceptors (Lipinski definition) is 4. The Morgan fingerprint density at radius 2 is 1.59 bits per heavy atom. The van der Waals surface area contributed by atoms with Crippen molar-refractivity contribution in [3.05, 3.63) is 105 Å². The van der Waals surface area contributed by atoms with Crippen molar-refractivity contribution < 1.29 is 27.0 Å². The van der Waals surface area contributed by atoms with E-state index in [1.165, 1.54) is 11.9 Å². The Bertz CT molecular complexity index is 1620. The Balaban J connectivity index is 1.48. The topological polar surface area (TPSA) is 60.9 Å². The highest BCUT2D eigenvalue weighted by molar-refractivity contribution is 7.85. The Hall–Kier alpha value is -2.92. The van der Waals surface area contributed by atoms with Gasteiger partial charge in [-0.3, -0.25) is 13.8 Å². The molecule has 2 amide bonds. The Morgan fingerprint density at radius 1 is 0.935 bits per heavy atom. The van der Waals surface area contributed by atoms with Crippen molar-refractivity contribution in [2.75, 3.05) is 40.3 Å². The first-order chi connectivity index (χ1) is 21.8. The van der Waals surface area contributed by atoms with Crippen molar-refractivity contribution in [3.63, 3.8) is 0 Å². The molecule has 2 atom stereocenters. The third kappa shape index (κ3) is 7.00. The normalized spacial score (nSPS) is 19.0. The van der Waals surface area contributed by atoms with Gasteiger partial charge in [0.2, 0.25) is 5.91 Å². The summed E-state index contributed by atoms with van der Waals surface area (Å²) in [7, 11) is 1.88. The van der Waals surface area contributed by atoms with Gasteiger partial charge in [0.25, 0.3) is 5.91 Å². The predicted octanol–water partition coefficient (Wildman–Crippen LogP) is 7.02. The van der Waals surface area contributed by atoms with Crippen molar-refractivity contribution >= 4 is 45.8 Å². The smallest absolute Gasteiger partial charge is 0.343 e. The standard InChI is InChI=1S/C34H36Cl2F3N3O3S/c1-40(30(43)21-34(37,38)39)23-32(26-12-13-28(35)29(36)20-26,41(2)31(44)24-8-4-3-5-9-24)14-17-42-18-15-33(16-19-42)27-11-7-6-10-25(27)22-46(33)45/h3-13,20H,14-19,21-23H2,1-2H3/t32-,46?/m1/s1. The van der Waals surface area contributed by atoms with Crippen molar-refractivity contribution in [1.29, 1.82) is 0 Å². The highest BCUT2D eigenvalue weighted by atomic mass is 35.5. The second kappa shape index (κ2) is 13.7. The summed E-state index contributed by atoms with van der Waals surface area (Å²) in [6.45, 7) is 1.54. The van der Waals surface area contributed by atoms with Crippen LogP contribution in [0.25, 0.3) is 0 Å². The van der Waals surface area contributed by atoms with Crippen LogP contribution in [0.2, 0.25) is 10.0 Å². The fraction of sp³-hybridized carbons (Fsp3) is 0.412. The molecular weight excluding hydrogens is 658 g/mol. The lowest BCUT2D eigenvalue weighted by molar-refractivity contribution is -0.161. The molecule has 1 fully saturated rings. The molecule has 0 saturated carbocycles. The lowest BCUT2D eigenvalue weighted by atomic mass is 9.82. The number of amides is 2. The van der Waals surface area contributed by atoms with Gasteiger partial charge in [-0.1, -0.05) is 71.7 Å². The van der Waals surface area contributed by atoms with Crippen LogP contribution in [0.5, 0.6) is 0 Å². The SMILES string of the molecule is CN(C[C@](CCN1CCC2(CC1)c1ccccc1CS2=O)(c1ccc(Cl)c(Cl)c1)N(C)C(=O)c1ccccc1)C(=O)CC(F)(F)F. The largest absolute Gasteiger partial charge is 0.397 e. The summed E-state index contributed by atoms with van der Waals surface area (Å²) in [6.07, 6.45) is -4.65. The summed E-state index contributed by atoms with van der Waals surface area (Å²) in [6, 6.07) is 21.5. The Kier molecular flexibility index (Phi) is 10.2. The first-order valence-electron chi connectivity index (χ1n) is 15.0. The number of halogens is 5. The first-order valence-corrected chi connectivity index (χ1v) is 17.1. The average molecular weight is 695 g/mol. The van der Waals surface area contributed by atoms with Gasteiger partial charge in [0.05, 0.1) is 20.3 Å². The molecule has 0 N–H and O–H groups in total. The van der Waals surface area contributed by atoms with Gasteiger partial charge >= 0.3 is 6.18 Å². The molecule has 5 rings (SSSR count). The van der Waals surface area contributed by atoms with E-state index >= 15 is 0 Å². The van der Waals surface area contributed by atoms with E-state index in [1.54, 1.807) is 55.6 Å². The molecule has 0 aliphatic carbocycles. The van der Waals surface area contributed by atoms with Crippen LogP contribution in [0.4, 0.5) is 13.2 Å². The van der Waals surface area contributed by atoms with Crippen molar-refractivity contribution in [2.24, 2.45) is 0 Å². The van der Waals surface area contributed by atoms with Crippen molar-refractivity contribution in [2.45, 2.75) is 47.9 Å². The van der Waals surface area contributed by atoms with E-state index in [4.69, 9.17) is 23.2 Å². The van der Waals surface area contributed by atoms with Crippen molar-refractivity contribution in [1.82, 2.24) is 14.7 Å². The maximum atomic E-state index is 14.0. The zero-order chi connectivity index (χ0) is 33.3. The van der Waals surface area contributed by atoms with Gasteiger partial charge in [-0.25, -0.2) is 0 Å². The number of likely N-dealkylation sites (N-methyl/N-ethyl adjacent to an activating group) is 2. The number of rotatable bonds is 9.